The molecule has 22 heavy (non-hydrogen) atoms. The third-order valence-corrected chi connectivity index (χ3v) is 5.36. The van der Waals surface area contributed by atoms with E-state index in [0.29, 0.717) is 12.5 Å². The van der Waals surface area contributed by atoms with Crippen LogP contribution in [0.1, 0.15) is 30.4 Å². The van der Waals surface area contributed by atoms with Crippen LogP contribution in [0.3, 0.4) is 0 Å². The predicted molar refractivity (Wildman–Crippen MR) is 89.8 cm³/mol. The SMILES string of the molecule is CN1CCC[C@@H]1Cc1c[nH]c2ccc(CCCS(=O)[O-])cc12. The van der Waals surface area contributed by atoms with E-state index >= 15 is 0 Å². The number of benzene rings is 1. The minimum absolute atomic E-state index is 0.241. The molecule has 0 radical (unpaired) electrons. The molecule has 2 aromatic rings. The maximum Gasteiger partial charge on any atom is 0.0456 e. The number of nitrogens with zero attached hydrogens (tertiary/aromatic N) is 1. The number of rotatable bonds is 6. The lowest BCUT2D eigenvalue weighted by molar-refractivity contribution is 0.310. The van der Waals surface area contributed by atoms with E-state index in [2.05, 4.69) is 41.3 Å². The average molecular weight is 319 g/mol. The zero-order valence-electron chi connectivity index (χ0n) is 13.0. The molecule has 1 aliphatic rings. The highest BCUT2D eigenvalue weighted by Crippen LogP contribution is 2.25. The molecule has 1 unspecified atom stereocenters. The van der Waals surface area contributed by atoms with Gasteiger partial charge in [0.05, 0.1) is 0 Å². The zero-order chi connectivity index (χ0) is 15.5. The summed E-state index contributed by atoms with van der Waals surface area (Å²) in [6.07, 6.45) is 7.29. The van der Waals surface area contributed by atoms with Crippen molar-refractivity contribution < 1.29 is 8.76 Å². The third kappa shape index (κ3) is 3.59. The summed E-state index contributed by atoms with van der Waals surface area (Å²) in [6, 6.07) is 7.08. The van der Waals surface area contributed by atoms with Crippen molar-refractivity contribution in [1.29, 1.82) is 0 Å². The Balaban J connectivity index is 1.74. The Labute approximate surface area is 134 Å². The van der Waals surface area contributed by atoms with E-state index in [9.17, 15) is 8.76 Å². The summed E-state index contributed by atoms with van der Waals surface area (Å²) in [5, 5.41) is 1.29. The predicted octanol–water partition coefficient (Wildman–Crippen LogP) is 2.62. The van der Waals surface area contributed by atoms with Gasteiger partial charge in [0, 0.05) is 28.9 Å². The van der Waals surface area contributed by atoms with Crippen molar-refractivity contribution >= 4 is 22.0 Å². The highest BCUT2D eigenvalue weighted by atomic mass is 32.2. The molecular formula is C17H23N2O2S-. The molecule has 0 bridgehead atoms. The fourth-order valence-electron chi connectivity index (χ4n) is 3.44. The Kier molecular flexibility index (Phi) is 4.96. The molecule has 2 heterocycles. The lowest BCUT2D eigenvalue weighted by atomic mass is 10.0. The molecule has 120 valence electrons. The van der Waals surface area contributed by atoms with Crippen molar-refractivity contribution in [3.8, 4) is 0 Å². The van der Waals surface area contributed by atoms with Crippen LogP contribution in [0.15, 0.2) is 24.4 Å². The van der Waals surface area contributed by atoms with E-state index in [0.717, 1.165) is 12.8 Å². The summed E-state index contributed by atoms with van der Waals surface area (Å²) in [5.41, 5.74) is 3.77. The maximum atomic E-state index is 10.6. The van der Waals surface area contributed by atoms with Crippen molar-refractivity contribution in [1.82, 2.24) is 9.88 Å². The van der Waals surface area contributed by atoms with E-state index in [1.807, 2.05) is 0 Å². The number of aryl methyl sites for hydroxylation is 1. The van der Waals surface area contributed by atoms with Crippen LogP contribution in [0.4, 0.5) is 0 Å². The third-order valence-electron chi connectivity index (χ3n) is 4.74. The van der Waals surface area contributed by atoms with Crippen molar-refractivity contribution in [2.24, 2.45) is 0 Å². The van der Waals surface area contributed by atoms with Crippen LogP contribution in [0.2, 0.25) is 0 Å². The zero-order valence-corrected chi connectivity index (χ0v) is 13.8. The Bertz CT molecular complexity index is 668. The molecule has 2 atom stereocenters. The fraction of sp³-hybridized carbons (Fsp3) is 0.529. The van der Waals surface area contributed by atoms with Gasteiger partial charge in [0.25, 0.3) is 0 Å². The Morgan fingerprint density at radius 1 is 1.45 bits per heavy atom. The van der Waals surface area contributed by atoms with E-state index < -0.39 is 11.1 Å². The standard InChI is InChI=1S/C17H24N2O2S/c1-19-8-2-5-15(19)11-14-12-18-17-7-6-13(10-16(14)17)4-3-9-22(20)21/h6-7,10,12,15,18H,2-5,8-9,11H2,1H3,(H,20,21)/p-1/t15-/m1/s1. The lowest BCUT2D eigenvalue weighted by Gasteiger charge is -2.18. The monoisotopic (exact) mass is 319 g/mol. The first kappa shape index (κ1) is 15.7. The van der Waals surface area contributed by atoms with Gasteiger partial charge in [-0.1, -0.05) is 17.1 Å². The molecule has 0 saturated carbocycles. The number of aromatic amines is 1. The summed E-state index contributed by atoms with van der Waals surface area (Å²) >= 11 is -1.93. The molecule has 0 aliphatic carbocycles. The molecule has 3 rings (SSSR count). The first-order valence-electron chi connectivity index (χ1n) is 7.98. The van der Waals surface area contributed by atoms with Gasteiger partial charge in [0.2, 0.25) is 0 Å². The second-order valence-corrected chi connectivity index (χ2v) is 7.30. The number of hydrogen-bond donors (Lipinski definition) is 1. The van der Waals surface area contributed by atoms with Crippen LogP contribution >= 0.6 is 0 Å². The normalized spacial score (nSPS) is 20.7. The Morgan fingerprint density at radius 2 is 2.32 bits per heavy atom. The number of aromatic nitrogens is 1. The molecule has 0 spiro atoms. The molecule has 1 aliphatic heterocycles. The van der Waals surface area contributed by atoms with E-state index in [1.54, 1.807) is 0 Å². The molecule has 1 N–H and O–H groups in total. The second kappa shape index (κ2) is 6.94. The summed E-state index contributed by atoms with van der Waals surface area (Å²) in [6.45, 7) is 1.20. The number of H-pyrrole nitrogens is 1. The van der Waals surface area contributed by atoms with Gasteiger partial charge in [-0.05, 0) is 69.0 Å². The van der Waals surface area contributed by atoms with Crippen LogP contribution in [-0.4, -0.2) is 44.0 Å². The first-order valence-corrected chi connectivity index (χ1v) is 9.23. The van der Waals surface area contributed by atoms with Crippen molar-refractivity contribution in [2.75, 3.05) is 19.3 Å². The van der Waals surface area contributed by atoms with Gasteiger partial charge in [-0.15, -0.1) is 0 Å². The van der Waals surface area contributed by atoms with Gasteiger partial charge in [0.15, 0.2) is 0 Å². The lowest BCUT2D eigenvalue weighted by Crippen LogP contribution is -2.26. The highest BCUT2D eigenvalue weighted by molar-refractivity contribution is 7.79. The molecule has 1 fully saturated rings. The maximum absolute atomic E-state index is 10.6. The summed E-state index contributed by atoms with van der Waals surface area (Å²) in [4.78, 5) is 5.81. The minimum atomic E-state index is -1.93. The molecule has 5 heteroatoms. The smallest absolute Gasteiger partial charge is 0.0456 e. The molecule has 1 saturated heterocycles. The molecular weight excluding hydrogens is 296 g/mol. The van der Waals surface area contributed by atoms with E-state index in [1.165, 1.54) is 41.4 Å². The van der Waals surface area contributed by atoms with Crippen LogP contribution in [0.25, 0.3) is 10.9 Å². The Hall–Kier alpha value is -1.17. The van der Waals surface area contributed by atoms with Crippen LogP contribution in [-0.2, 0) is 23.9 Å². The highest BCUT2D eigenvalue weighted by Gasteiger charge is 2.22. The number of likely N-dealkylation sites (N-methyl/N-ethyl adjacent to an activating group) is 1. The van der Waals surface area contributed by atoms with Gasteiger partial charge < -0.3 is 14.4 Å². The second-order valence-electron chi connectivity index (χ2n) is 6.29. The van der Waals surface area contributed by atoms with Crippen LogP contribution < -0.4 is 0 Å². The van der Waals surface area contributed by atoms with Gasteiger partial charge >= 0.3 is 0 Å². The summed E-state index contributed by atoms with van der Waals surface area (Å²) < 4.78 is 21.3. The van der Waals surface area contributed by atoms with E-state index in [-0.39, 0.29) is 5.75 Å². The first-order chi connectivity index (χ1) is 10.6. The van der Waals surface area contributed by atoms with Crippen molar-refractivity contribution in [3.63, 3.8) is 0 Å². The molecule has 1 aromatic heterocycles. The van der Waals surface area contributed by atoms with Gasteiger partial charge in [0.1, 0.15) is 0 Å². The quantitative estimate of drug-likeness (QED) is 0.833. The van der Waals surface area contributed by atoms with Crippen molar-refractivity contribution in [2.45, 2.75) is 38.1 Å². The molecule has 1 aromatic carbocycles. The minimum Gasteiger partial charge on any atom is -0.772 e. The average Bonchev–Trinajstić information content (AvgIpc) is 3.06. The van der Waals surface area contributed by atoms with E-state index in [4.69, 9.17) is 0 Å². The van der Waals surface area contributed by atoms with Crippen LogP contribution in [0.5, 0.6) is 0 Å². The van der Waals surface area contributed by atoms with Gasteiger partial charge in [-0.2, -0.15) is 0 Å². The van der Waals surface area contributed by atoms with Gasteiger partial charge in [-0.25, -0.2) is 0 Å². The number of hydrogen-bond acceptors (Lipinski definition) is 3. The Morgan fingerprint density at radius 3 is 3.05 bits per heavy atom. The number of likely N-dealkylation sites (tertiary alicyclic amines) is 1. The van der Waals surface area contributed by atoms with Gasteiger partial charge in [-0.3, -0.25) is 4.21 Å². The topological polar surface area (TPSA) is 59.2 Å². The largest absolute Gasteiger partial charge is 0.772 e. The summed E-state index contributed by atoms with van der Waals surface area (Å²) in [5.74, 6) is 0.241. The number of fused-ring (bicyclic) bond motifs is 1. The van der Waals surface area contributed by atoms with Crippen molar-refractivity contribution in [3.05, 3.63) is 35.5 Å². The fourth-order valence-corrected chi connectivity index (χ4v) is 3.82. The molecule has 4 nitrogen and oxygen atoms in total. The number of nitrogens with one attached hydrogen (secondary N) is 1. The molecule has 0 amide bonds. The summed E-state index contributed by atoms with van der Waals surface area (Å²) in [7, 11) is 2.21. The van der Waals surface area contributed by atoms with Crippen LogP contribution in [0, 0.1) is 0 Å².